The van der Waals surface area contributed by atoms with Crippen LogP contribution in [0.5, 0.6) is 0 Å². The first kappa shape index (κ1) is 9.92. The van der Waals surface area contributed by atoms with Crippen LogP contribution in [0.15, 0.2) is 0 Å². The van der Waals surface area contributed by atoms with Gasteiger partial charge in [0.05, 0.1) is 13.2 Å². The van der Waals surface area contributed by atoms with Gasteiger partial charge >= 0.3 is 0 Å². The predicted octanol–water partition coefficient (Wildman–Crippen LogP) is 1.36. The molecule has 0 aliphatic carbocycles. The molecule has 2 nitrogen and oxygen atoms in total. The molecule has 0 unspecified atom stereocenters. The Morgan fingerprint density at radius 3 is 2.00 bits per heavy atom. The molecule has 2 heteroatoms. The molecule has 62 valence electrons. The Hall–Kier alpha value is -0.0800. The maximum absolute atomic E-state index is 5.21. The molecule has 0 saturated carbocycles. The summed E-state index contributed by atoms with van der Waals surface area (Å²) < 4.78 is 5.21. The topological polar surface area (TPSA) is 12.5 Å². The van der Waals surface area contributed by atoms with Crippen LogP contribution in [0.25, 0.3) is 0 Å². The molecule has 1 saturated heterocycles. The third kappa shape index (κ3) is 2.67. The van der Waals surface area contributed by atoms with E-state index >= 15 is 0 Å². The Labute approximate surface area is 64.2 Å². The zero-order valence-corrected chi connectivity index (χ0v) is 6.26. The van der Waals surface area contributed by atoms with E-state index < -0.39 is 0 Å². The van der Waals surface area contributed by atoms with Crippen LogP contribution < -0.4 is 0 Å². The first-order valence-electron chi connectivity index (χ1n) is 3.62. The lowest BCUT2D eigenvalue weighted by molar-refractivity contribution is 0.0238. The van der Waals surface area contributed by atoms with E-state index in [0.717, 1.165) is 26.3 Å². The van der Waals surface area contributed by atoms with Crippen LogP contribution >= 0.6 is 0 Å². The van der Waals surface area contributed by atoms with E-state index in [4.69, 9.17) is 4.74 Å². The highest BCUT2D eigenvalue weighted by Gasteiger charge is 2.11. The fourth-order valence-corrected chi connectivity index (χ4v) is 1.09. The highest BCUT2D eigenvalue weighted by atomic mass is 16.5. The molecule has 1 aliphatic heterocycles. The minimum atomic E-state index is 0. The van der Waals surface area contributed by atoms with Crippen molar-refractivity contribution in [1.29, 1.82) is 0 Å². The number of hydrogen-bond acceptors (Lipinski definition) is 2. The Morgan fingerprint density at radius 1 is 1.20 bits per heavy atom. The number of rotatable bonds is 1. The van der Waals surface area contributed by atoms with Gasteiger partial charge in [-0.2, -0.15) is 0 Å². The third-order valence-electron chi connectivity index (χ3n) is 1.78. The van der Waals surface area contributed by atoms with Crippen molar-refractivity contribution in [2.75, 3.05) is 26.3 Å². The van der Waals surface area contributed by atoms with Crippen molar-refractivity contribution in [3.63, 3.8) is 0 Å². The smallest absolute Gasteiger partial charge is 0.0594 e. The largest absolute Gasteiger partial charge is 0.379 e. The van der Waals surface area contributed by atoms with Crippen molar-refractivity contribution in [2.45, 2.75) is 27.3 Å². The molecule has 0 amide bonds. The average Bonchev–Trinajstić information content (AvgIpc) is 1.90. The van der Waals surface area contributed by atoms with Crippen molar-refractivity contribution in [2.24, 2.45) is 0 Å². The second-order valence-corrected chi connectivity index (χ2v) is 2.74. The van der Waals surface area contributed by atoms with Gasteiger partial charge in [0, 0.05) is 19.1 Å². The summed E-state index contributed by atoms with van der Waals surface area (Å²) in [7, 11) is 0. The highest BCUT2D eigenvalue weighted by Crippen LogP contribution is 2.01. The number of morpholine rings is 1. The molecular formula is C8H19NO. The first-order valence-corrected chi connectivity index (χ1v) is 3.62. The Bertz CT molecular complexity index is 77.3. The minimum absolute atomic E-state index is 0. The van der Waals surface area contributed by atoms with Crippen molar-refractivity contribution in [1.82, 2.24) is 4.90 Å². The summed E-state index contributed by atoms with van der Waals surface area (Å²) in [5.41, 5.74) is 0. The van der Waals surface area contributed by atoms with Crippen LogP contribution in [-0.2, 0) is 4.74 Å². The SMILES string of the molecule is C.CC(C)N1CCOCC1. The van der Waals surface area contributed by atoms with Crippen molar-refractivity contribution >= 4 is 0 Å². The number of ether oxygens (including phenoxy) is 1. The zero-order valence-electron chi connectivity index (χ0n) is 6.26. The Balaban J connectivity index is 0.000000810. The molecule has 1 aliphatic rings. The Morgan fingerprint density at radius 2 is 1.70 bits per heavy atom. The summed E-state index contributed by atoms with van der Waals surface area (Å²) in [6, 6.07) is 0.689. The maximum Gasteiger partial charge on any atom is 0.0594 e. The molecule has 0 aromatic carbocycles. The van der Waals surface area contributed by atoms with Gasteiger partial charge in [0.1, 0.15) is 0 Å². The molecule has 0 bridgehead atoms. The molecule has 10 heavy (non-hydrogen) atoms. The lowest BCUT2D eigenvalue weighted by Crippen LogP contribution is -2.40. The predicted molar refractivity (Wildman–Crippen MR) is 44.3 cm³/mol. The molecule has 0 radical (unpaired) electrons. The molecular weight excluding hydrogens is 126 g/mol. The lowest BCUT2D eigenvalue weighted by atomic mass is 10.3. The van der Waals surface area contributed by atoms with Crippen LogP contribution in [0.1, 0.15) is 21.3 Å². The first-order chi connectivity index (χ1) is 4.30. The normalized spacial score (nSPS) is 20.7. The van der Waals surface area contributed by atoms with Gasteiger partial charge in [-0.15, -0.1) is 0 Å². The third-order valence-corrected chi connectivity index (χ3v) is 1.78. The number of hydrogen-bond donors (Lipinski definition) is 0. The summed E-state index contributed by atoms with van der Waals surface area (Å²) in [5.74, 6) is 0. The summed E-state index contributed by atoms with van der Waals surface area (Å²) in [6.07, 6.45) is 0. The van der Waals surface area contributed by atoms with Crippen LogP contribution in [0.3, 0.4) is 0 Å². The van der Waals surface area contributed by atoms with Crippen LogP contribution in [0, 0.1) is 0 Å². The molecule has 1 rings (SSSR count). The lowest BCUT2D eigenvalue weighted by Gasteiger charge is -2.29. The number of nitrogens with zero attached hydrogens (tertiary/aromatic N) is 1. The fraction of sp³-hybridized carbons (Fsp3) is 1.00. The van der Waals surface area contributed by atoms with Gasteiger partial charge in [-0.1, -0.05) is 7.43 Å². The molecule has 0 aromatic rings. The fourth-order valence-electron chi connectivity index (χ4n) is 1.09. The van der Waals surface area contributed by atoms with E-state index in [0.29, 0.717) is 6.04 Å². The quantitative estimate of drug-likeness (QED) is 0.552. The molecule has 0 atom stereocenters. The van der Waals surface area contributed by atoms with Gasteiger partial charge in [0.15, 0.2) is 0 Å². The van der Waals surface area contributed by atoms with Gasteiger partial charge in [-0.3, -0.25) is 4.90 Å². The Kier molecular flexibility index (Phi) is 4.65. The van der Waals surface area contributed by atoms with Crippen LogP contribution in [-0.4, -0.2) is 37.2 Å². The van der Waals surface area contributed by atoms with Crippen molar-refractivity contribution in [3.8, 4) is 0 Å². The van der Waals surface area contributed by atoms with E-state index in [-0.39, 0.29) is 7.43 Å². The van der Waals surface area contributed by atoms with Gasteiger partial charge in [0.2, 0.25) is 0 Å². The summed E-state index contributed by atoms with van der Waals surface area (Å²) in [6.45, 7) is 8.50. The van der Waals surface area contributed by atoms with Crippen molar-refractivity contribution < 1.29 is 4.74 Å². The van der Waals surface area contributed by atoms with E-state index in [9.17, 15) is 0 Å². The van der Waals surface area contributed by atoms with Gasteiger partial charge in [-0.05, 0) is 13.8 Å². The van der Waals surface area contributed by atoms with Gasteiger partial charge < -0.3 is 4.74 Å². The highest BCUT2D eigenvalue weighted by molar-refractivity contribution is 4.64. The molecule has 1 fully saturated rings. The van der Waals surface area contributed by atoms with Crippen LogP contribution in [0.4, 0.5) is 0 Å². The van der Waals surface area contributed by atoms with Crippen molar-refractivity contribution in [3.05, 3.63) is 0 Å². The van der Waals surface area contributed by atoms with E-state index in [1.165, 1.54) is 0 Å². The van der Waals surface area contributed by atoms with E-state index in [1.807, 2.05) is 0 Å². The maximum atomic E-state index is 5.21. The molecule has 1 heterocycles. The minimum Gasteiger partial charge on any atom is -0.379 e. The summed E-state index contributed by atoms with van der Waals surface area (Å²) in [5, 5.41) is 0. The van der Waals surface area contributed by atoms with Crippen LogP contribution in [0.2, 0.25) is 0 Å². The standard InChI is InChI=1S/C7H15NO.CH4/c1-7(2)8-3-5-9-6-4-8;/h7H,3-6H2,1-2H3;1H4. The summed E-state index contributed by atoms with van der Waals surface area (Å²) in [4.78, 5) is 2.43. The second kappa shape index (κ2) is 4.69. The average molecular weight is 145 g/mol. The second-order valence-electron chi connectivity index (χ2n) is 2.74. The molecule has 0 N–H and O–H groups in total. The van der Waals surface area contributed by atoms with E-state index in [1.54, 1.807) is 0 Å². The monoisotopic (exact) mass is 145 g/mol. The van der Waals surface area contributed by atoms with E-state index in [2.05, 4.69) is 18.7 Å². The van der Waals surface area contributed by atoms with Gasteiger partial charge in [-0.25, -0.2) is 0 Å². The van der Waals surface area contributed by atoms with Gasteiger partial charge in [0.25, 0.3) is 0 Å². The summed E-state index contributed by atoms with van der Waals surface area (Å²) >= 11 is 0. The molecule has 0 spiro atoms. The molecule has 0 aromatic heterocycles. The zero-order chi connectivity index (χ0) is 6.69.